The molecule has 2 aliphatic heterocycles. The van der Waals surface area contributed by atoms with Crippen LogP contribution in [0.1, 0.15) is 68.1 Å². The lowest BCUT2D eigenvalue weighted by molar-refractivity contribution is -0.138. The maximum absolute atomic E-state index is 13.7. The van der Waals surface area contributed by atoms with Gasteiger partial charge in [-0.25, -0.2) is 4.39 Å². The Labute approximate surface area is 369 Å². The normalized spacial score (nSPS) is 25.2. The van der Waals surface area contributed by atoms with E-state index in [2.05, 4.69) is 31.7 Å². The number of para-hydroxylation sites is 4. The number of rotatable bonds is 10. The standard InChI is InChI=1S/C25H31F3N2O2.C24H30ClFN2O2/c1-32-23-11-3-2-10-22(23)30-15-13-29(14-16-30)18-21-7-4-5-12-24(21,31)19-8-6-9-20(17-19)25(26,27)28;1-30-23-8-3-2-7-22(23)28-14-12-27(13-15-28)17-19-6-4-5-11-24(19,29)18-9-10-21(26)20(25)16-18/h2-3,6,8-11,17,21,31H,4-5,7,12-16,18H2,1H3;2-3,7-10,16,19,29H,4-6,11-15,17H2,1H3. The minimum atomic E-state index is -4.41. The molecule has 4 atom stereocenters. The molecule has 13 heteroatoms. The van der Waals surface area contributed by atoms with Crippen molar-refractivity contribution >= 4 is 23.0 Å². The van der Waals surface area contributed by atoms with Gasteiger partial charge in [-0.05, 0) is 85.3 Å². The van der Waals surface area contributed by atoms with Gasteiger partial charge in [0.25, 0.3) is 0 Å². The lowest BCUT2D eigenvalue weighted by Gasteiger charge is -2.45. The molecule has 0 amide bonds. The largest absolute Gasteiger partial charge is 0.495 e. The molecule has 2 aliphatic carbocycles. The highest BCUT2D eigenvalue weighted by molar-refractivity contribution is 6.30. The number of benzene rings is 4. The van der Waals surface area contributed by atoms with Crippen LogP contribution in [0.4, 0.5) is 28.9 Å². The van der Waals surface area contributed by atoms with Crippen molar-refractivity contribution < 1.29 is 37.2 Å². The van der Waals surface area contributed by atoms with E-state index in [1.54, 1.807) is 32.4 Å². The number of halogens is 5. The maximum atomic E-state index is 13.7. The molecule has 0 radical (unpaired) electrons. The molecule has 336 valence electrons. The second-order valence-electron chi connectivity index (χ2n) is 17.4. The van der Waals surface area contributed by atoms with E-state index in [1.165, 1.54) is 12.1 Å². The van der Waals surface area contributed by atoms with E-state index in [4.69, 9.17) is 21.1 Å². The molecule has 0 spiro atoms. The summed E-state index contributed by atoms with van der Waals surface area (Å²) in [5, 5.41) is 23.3. The molecule has 8 nitrogen and oxygen atoms in total. The fourth-order valence-corrected chi connectivity index (χ4v) is 10.4. The number of alkyl halides is 3. The Bertz CT molecular complexity index is 2080. The first-order valence-corrected chi connectivity index (χ1v) is 22.5. The molecule has 4 aromatic rings. The number of hydrogen-bond donors (Lipinski definition) is 2. The minimum absolute atomic E-state index is 0.0793. The van der Waals surface area contributed by atoms with E-state index >= 15 is 0 Å². The molecule has 4 fully saturated rings. The topological polar surface area (TPSA) is 71.9 Å². The fraction of sp³-hybridized carbons (Fsp3) is 0.510. The zero-order chi connectivity index (χ0) is 43.9. The Kier molecular flexibility index (Phi) is 15.0. The van der Waals surface area contributed by atoms with Crippen molar-refractivity contribution in [2.45, 2.75) is 68.7 Å². The Morgan fingerprint density at radius 1 is 0.613 bits per heavy atom. The molecule has 62 heavy (non-hydrogen) atoms. The van der Waals surface area contributed by atoms with Gasteiger partial charge in [0.05, 0.1) is 47.4 Å². The molecule has 8 rings (SSSR count). The highest BCUT2D eigenvalue weighted by Crippen LogP contribution is 2.45. The highest BCUT2D eigenvalue weighted by Gasteiger charge is 2.44. The number of aliphatic hydroxyl groups is 2. The summed E-state index contributed by atoms with van der Waals surface area (Å²) >= 11 is 6.02. The predicted octanol–water partition coefficient (Wildman–Crippen LogP) is 9.60. The molecule has 2 heterocycles. The molecule has 2 N–H and O–H groups in total. The lowest BCUT2D eigenvalue weighted by atomic mass is 9.71. The van der Waals surface area contributed by atoms with Gasteiger partial charge in [0.1, 0.15) is 17.3 Å². The second kappa shape index (κ2) is 20.2. The van der Waals surface area contributed by atoms with Crippen molar-refractivity contribution in [3.8, 4) is 11.5 Å². The van der Waals surface area contributed by atoms with Crippen LogP contribution in [0.5, 0.6) is 11.5 Å². The van der Waals surface area contributed by atoms with Crippen LogP contribution in [0.25, 0.3) is 0 Å². The van der Waals surface area contributed by atoms with E-state index in [1.807, 2.05) is 36.4 Å². The van der Waals surface area contributed by atoms with Gasteiger partial charge in [-0.3, -0.25) is 9.80 Å². The predicted molar refractivity (Wildman–Crippen MR) is 238 cm³/mol. The average Bonchev–Trinajstić information content (AvgIpc) is 3.29. The average molecular weight is 881 g/mol. The van der Waals surface area contributed by atoms with Crippen LogP contribution < -0.4 is 19.3 Å². The Hall–Kier alpha value is -4.07. The molecular weight excluding hydrogens is 820 g/mol. The fourth-order valence-electron chi connectivity index (χ4n) is 10.2. The van der Waals surface area contributed by atoms with Gasteiger partial charge in [0, 0.05) is 77.3 Å². The third kappa shape index (κ3) is 10.5. The molecule has 4 aliphatic rings. The van der Waals surface area contributed by atoms with Gasteiger partial charge in [0.15, 0.2) is 0 Å². The molecule has 4 unspecified atom stereocenters. The quantitative estimate of drug-likeness (QED) is 0.153. The summed E-state index contributed by atoms with van der Waals surface area (Å²) in [4.78, 5) is 9.44. The van der Waals surface area contributed by atoms with E-state index in [-0.39, 0.29) is 16.9 Å². The first kappa shape index (κ1) is 45.9. The second-order valence-corrected chi connectivity index (χ2v) is 17.8. The number of hydrogen-bond acceptors (Lipinski definition) is 8. The molecule has 4 aromatic carbocycles. The summed E-state index contributed by atoms with van der Waals surface area (Å²) in [5.41, 5.74) is 0.478. The smallest absolute Gasteiger partial charge is 0.416 e. The highest BCUT2D eigenvalue weighted by atomic mass is 35.5. The van der Waals surface area contributed by atoms with E-state index in [0.29, 0.717) is 24.9 Å². The van der Waals surface area contributed by atoms with Crippen LogP contribution >= 0.6 is 11.6 Å². The summed E-state index contributed by atoms with van der Waals surface area (Å²) in [5.74, 6) is 1.35. The van der Waals surface area contributed by atoms with Gasteiger partial charge in [-0.15, -0.1) is 0 Å². The Morgan fingerprint density at radius 2 is 1.08 bits per heavy atom. The van der Waals surface area contributed by atoms with E-state index in [9.17, 15) is 27.8 Å². The number of anilines is 2. The van der Waals surface area contributed by atoms with Gasteiger partial charge in [0.2, 0.25) is 0 Å². The van der Waals surface area contributed by atoms with Crippen LogP contribution in [0.2, 0.25) is 5.02 Å². The van der Waals surface area contributed by atoms with Crippen molar-refractivity contribution in [1.29, 1.82) is 0 Å². The van der Waals surface area contributed by atoms with Gasteiger partial charge in [-0.2, -0.15) is 13.2 Å². The zero-order valence-corrected chi connectivity index (χ0v) is 36.7. The van der Waals surface area contributed by atoms with Crippen molar-refractivity contribution in [2.75, 3.05) is 89.5 Å². The molecule has 0 aromatic heterocycles. The van der Waals surface area contributed by atoms with Crippen LogP contribution in [0.15, 0.2) is 91.0 Å². The van der Waals surface area contributed by atoms with Crippen molar-refractivity contribution in [3.63, 3.8) is 0 Å². The van der Waals surface area contributed by atoms with Crippen molar-refractivity contribution in [2.24, 2.45) is 11.8 Å². The van der Waals surface area contributed by atoms with E-state index < -0.39 is 28.8 Å². The first-order valence-electron chi connectivity index (χ1n) is 22.1. The number of nitrogens with zero attached hydrogens (tertiary/aromatic N) is 4. The third-order valence-electron chi connectivity index (χ3n) is 13.7. The zero-order valence-electron chi connectivity index (χ0n) is 35.9. The van der Waals surface area contributed by atoms with Crippen LogP contribution in [0.3, 0.4) is 0 Å². The lowest BCUT2D eigenvalue weighted by Crippen LogP contribution is -2.51. The molecule has 2 saturated heterocycles. The molecular formula is C49H61ClF4N4O4. The van der Waals surface area contributed by atoms with Crippen LogP contribution in [-0.2, 0) is 17.4 Å². The number of piperazine rings is 2. The summed E-state index contributed by atoms with van der Waals surface area (Å²) in [7, 11) is 3.38. The molecule has 2 saturated carbocycles. The van der Waals surface area contributed by atoms with Gasteiger partial charge in [-0.1, -0.05) is 79.7 Å². The number of ether oxygens (including phenoxy) is 2. The first-order chi connectivity index (χ1) is 29.8. The molecule has 0 bridgehead atoms. The SMILES string of the molecule is COc1ccccc1N1CCN(CC2CCCCC2(O)c2ccc(F)c(Cl)c2)CC1.COc1ccccc1N1CCN(CC2CCCCC2(O)c2cccc(C(F)(F)F)c2)CC1. The summed E-state index contributed by atoms with van der Waals surface area (Å²) < 4.78 is 64.4. The van der Waals surface area contributed by atoms with Crippen molar-refractivity contribution in [1.82, 2.24) is 9.80 Å². The summed E-state index contributed by atoms with van der Waals surface area (Å²) in [6.07, 6.45) is 2.48. The maximum Gasteiger partial charge on any atom is 0.416 e. The summed E-state index contributed by atoms with van der Waals surface area (Å²) in [6, 6.07) is 26.0. The summed E-state index contributed by atoms with van der Waals surface area (Å²) in [6.45, 7) is 8.62. The van der Waals surface area contributed by atoms with Crippen molar-refractivity contribution in [3.05, 3.63) is 119 Å². The monoisotopic (exact) mass is 880 g/mol. The van der Waals surface area contributed by atoms with Gasteiger partial charge < -0.3 is 29.5 Å². The minimum Gasteiger partial charge on any atom is -0.495 e. The third-order valence-corrected chi connectivity index (χ3v) is 14.0. The van der Waals surface area contributed by atoms with Crippen LogP contribution in [0, 0.1) is 17.7 Å². The Morgan fingerprint density at radius 3 is 1.53 bits per heavy atom. The Balaban J connectivity index is 0.000000187. The van der Waals surface area contributed by atoms with Gasteiger partial charge >= 0.3 is 6.18 Å². The van der Waals surface area contributed by atoms with E-state index in [0.717, 1.165) is 138 Å². The number of methoxy groups -OCH3 is 2. The van der Waals surface area contributed by atoms with Crippen LogP contribution in [-0.4, -0.2) is 99.7 Å².